The number of aliphatic hydroxyl groups is 1. The zero-order valence-corrected chi connectivity index (χ0v) is 20.7. The summed E-state index contributed by atoms with van der Waals surface area (Å²) in [4.78, 5) is 20.3. The zero-order valence-electron chi connectivity index (χ0n) is 19.2. The first-order valence-corrected chi connectivity index (χ1v) is 11.4. The molecule has 0 amide bonds. The van der Waals surface area contributed by atoms with E-state index in [-0.39, 0.29) is 5.56 Å². The van der Waals surface area contributed by atoms with E-state index in [4.69, 9.17) is 33.9 Å². The standard InChI is InChI=1S/C26H24Cl2N4O2/c1-25(2,29)9-7-14-5-6-20-17(11-14)21-16(8-10-30-24(21)33)23(31-20)32-22-18(27)12-15(13-19(22)28)26(3,4)34/h5-6,8,10-13,34H,29H2,1-4H3,(H,30,33)(H,31,32). The fourth-order valence-electron chi connectivity index (χ4n) is 3.53. The molecular weight excluding hydrogens is 471 g/mol. The van der Waals surface area contributed by atoms with Crippen LogP contribution in [0.25, 0.3) is 21.7 Å². The quantitative estimate of drug-likeness (QED) is 0.224. The Morgan fingerprint density at radius 3 is 2.35 bits per heavy atom. The number of hydrogen-bond donors (Lipinski definition) is 4. The summed E-state index contributed by atoms with van der Waals surface area (Å²) >= 11 is 13.0. The Hall–Kier alpha value is -3.08. The highest BCUT2D eigenvalue weighted by Crippen LogP contribution is 2.38. The first-order valence-electron chi connectivity index (χ1n) is 10.6. The third-order valence-electron chi connectivity index (χ3n) is 5.24. The minimum Gasteiger partial charge on any atom is -0.386 e. The van der Waals surface area contributed by atoms with Gasteiger partial charge in [-0.25, -0.2) is 4.98 Å². The molecule has 6 nitrogen and oxygen atoms in total. The van der Waals surface area contributed by atoms with Crippen molar-refractivity contribution in [1.82, 2.24) is 9.97 Å². The number of fused-ring (bicyclic) bond motifs is 3. The topological polar surface area (TPSA) is 104 Å². The van der Waals surface area contributed by atoms with E-state index in [1.807, 2.05) is 26.0 Å². The van der Waals surface area contributed by atoms with Gasteiger partial charge in [-0.2, -0.15) is 0 Å². The van der Waals surface area contributed by atoms with E-state index in [0.717, 1.165) is 5.56 Å². The van der Waals surface area contributed by atoms with Gasteiger partial charge in [0.1, 0.15) is 5.82 Å². The summed E-state index contributed by atoms with van der Waals surface area (Å²) in [5.41, 5.74) is 6.31. The largest absolute Gasteiger partial charge is 0.386 e. The molecule has 0 fully saturated rings. The lowest BCUT2D eigenvalue weighted by Gasteiger charge is -2.20. The number of halogens is 2. The molecule has 0 aliphatic carbocycles. The fourth-order valence-corrected chi connectivity index (χ4v) is 4.11. The van der Waals surface area contributed by atoms with E-state index in [2.05, 4.69) is 22.1 Å². The van der Waals surface area contributed by atoms with Gasteiger partial charge in [0.2, 0.25) is 0 Å². The van der Waals surface area contributed by atoms with E-state index in [9.17, 15) is 9.90 Å². The van der Waals surface area contributed by atoms with Crippen LogP contribution in [0.5, 0.6) is 0 Å². The number of aromatic amines is 1. The van der Waals surface area contributed by atoms with Crippen molar-refractivity contribution in [2.75, 3.05) is 5.32 Å². The number of anilines is 2. The maximum Gasteiger partial charge on any atom is 0.256 e. The van der Waals surface area contributed by atoms with Crippen LogP contribution in [0.4, 0.5) is 11.5 Å². The maximum atomic E-state index is 12.9. The number of pyridine rings is 2. The molecule has 4 aromatic rings. The minimum absolute atomic E-state index is 0.258. The number of aromatic nitrogens is 2. The molecular formula is C26H24Cl2N4O2. The van der Waals surface area contributed by atoms with Gasteiger partial charge in [0.25, 0.3) is 5.56 Å². The Bertz CT molecular complexity index is 1530. The van der Waals surface area contributed by atoms with Gasteiger partial charge < -0.3 is 21.1 Å². The van der Waals surface area contributed by atoms with Gasteiger partial charge in [-0.1, -0.05) is 35.0 Å². The molecule has 0 atom stereocenters. The molecule has 8 heteroatoms. The van der Waals surface area contributed by atoms with E-state index in [0.29, 0.717) is 48.8 Å². The van der Waals surface area contributed by atoms with Gasteiger partial charge in [0.15, 0.2) is 0 Å². The Balaban J connectivity index is 1.91. The molecule has 174 valence electrons. The molecule has 5 N–H and O–H groups in total. The van der Waals surface area contributed by atoms with Crippen molar-refractivity contribution in [3.05, 3.63) is 74.1 Å². The molecule has 0 bridgehead atoms. The number of rotatable bonds is 3. The van der Waals surface area contributed by atoms with Crippen LogP contribution in [0.1, 0.15) is 38.8 Å². The van der Waals surface area contributed by atoms with Gasteiger partial charge in [0.05, 0.1) is 37.8 Å². The van der Waals surface area contributed by atoms with Crippen molar-refractivity contribution in [3.8, 4) is 11.8 Å². The Morgan fingerprint density at radius 1 is 1.06 bits per heavy atom. The molecule has 0 unspecified atom stereocenters. The third kappa shape index (κ3) is 4.89. The second kappa shape index (κ2) is 8.61. The molecule has 0 spiro atoms. The van der Waals surface area contributed by atoms with Crippen LogP contribution in [-0.4, -0.2) is 20.6 Å². The van der Waals surface area contributed by atoms with Gasteiger partial charge >= 0.3 is 0 Å². The minimum atomic E-state index is -1.10. The fraction of sp³-hybridized carbons (Fsp3) is 0.231. The average Bonchev–Trinajstić information content (AvgIpc) is 2.73. The highest BCUT2D eigenvalue weighted by Gasteiger charge is 2.21. The highest BCUT2D eigenvalue weighted by molar-refractivity contribution is 6.39. The summed E-state index contributed by atoms with van der Waals surface area (Å²) < 4.78 is 0. The van der Waals surface area contributed by atoms with E-state index in [1.165, 1.54) is 0 Å². The molecule has 0 saturated heterocycles. The van der Waals surface area contributed by atoms with Crippen LogP contribution in [0.3, 0.4) is 0 Å². The van der Waals surface area contributed by atoms with Crippen LogP contribution in [0.2, 0.25) is 10.0 Å². The normalized spacial score (nSPS) is 12.0. The summed E-state index contributed by atoms with van der Waals surface area (Å²) in [5.74, 6) is 6.49. The molecule has 2 heterocycles. The van der Waals surface area contributed by atoms with Crippen LogP contribution < -0.4 is 16.6 Å². The highest BCUT2D eigenvalue weighted by atomic mass is 35.5. The number of benzene rings is 2. The summed E-state index contributed by atoms with van der Waals surface area (Å²) in [5, 5.41) is 15.9. The van der Waals surface area contributed by atoms with Gasteiger partial charge in [-0.15, -0.1) is 0 Å². The predicted molar refractivity (Wildman–Crippen MR) is 140 cm³/mol. The Morgan fingerprint density at radius 2 is 1.74 bits per heavy atom. The van der Waals surface area contributed by atoms with Crippen LogP contribution in [0.15, 0.2) is 47.4 Å². The first-order chi connectivity index (χ1) is 15.8. The number of H-pyrrole nitrogens is 1. The SMILES string of the molecule is CC(C)(N)C#Cc1ccc2nc(Nc3c(Cl)cc(C(C)(C)O)cc3Cl)c3cc[nH]c(=O)c3c2c1. The third-order valence-corrected chi connectivity index (χ3v) is 5.83. The molecule has 34 heavy (non-hydrogen) atoms. The lowest BCUT2D eigenvalue weighted by atomic mass is 9.98. The van der Waals surface area contributed by atoms with Crippen molar-refractivity contribution in [3.63, 3.8) is 0 Å². The van der Waals surface area contributed by atoms with E-state index in [1.54, 1.807) is 44.3 Å². The predicted octanol–water partition coefficient (Wildman–Crippen LogP) is 5.44. The maximum absolute atomic E-state index is 12.9. The van der Waals surface area contributed by atoms with Crippen molar-refractivity contribution in [2.45, 2.75) is 38.8 Å². The molecule has 2 aromatic carbocycles. The number of nitrogens with zero attached hydrogens (tertiary/aromatic N) is 1. The van der Waals surface area contributed by atoms with Crippen LogP contribution in [-0.2, 0) is 5.60 Å². The van der Waals surface area contributed by atoms with Crippen molar-refractivity contribution >= 4 is 56.4 Å². The summed E-state index contributed by atoms with van der Waals surface area (Å²) in [7, 11) is 0. The number of nitrogens with two attached hydrogens (primary N) is 1. The van der Waals surface area contributed by atoms with Crippen molar-refractivity contribution in [2.24, 2.45) is 5.73 Å². The molecule has 4 rings (SSSR count). The number of hydrogen-bond acceptors (Lipinski definition) is 5. The summed E-state index contributed by atoms with van der Waals surface area (Å²) in [6.07, 6.45) is 1.56. The smallest absolute Gasteiger partial charge is 0.256 e. The Kier molecular flexibility index (Phi) is 6.09. The van der Waals surface area contributed by atoms with Crippen LogP contribution in [0, 0.1) is 11.8 Å². The second-order valence-electron chi connectivity index (χ2n) is 9.26. The van der Waals surface area contributed by atoms with Crippen molar-refractivity contribution in [1.29, 1.82) is 0 Å². The Labute approximate surface area is 207 Å². The zero-order chi connectivity index (χ0) is 24.8. The van der Waals surface area contributed by atoms with Gasteiger partial charge in [-0.3, -0.25) is 4.79 Å². The molecule has 0 saturated carbocycles. The second-order valence-corrected chi connectivity index (χ2v) is 10.1. The van der Waals surface area contributed by atoms with Gasteiger partial charge in [-0.05, 0) is 69.7 Å². The first kappa shape index (κ1) is 24.1. The van der Waals surface area contributed by atoms with E-state index < -0.39 is 11.1 Å². The molecule has 0 radical (unpaired) electrons. The monoisotopic (exact) mass is 494 g/mol. The van der Waals surface area contributed by atoms with Gasteiger partial charge in [0, 0.05) is 22.5 Å². The molecule has 2 aromatic heterocycles. The lowest BCUT2D eigenvalue weighted by molar-refractivity contribution is 0.0786. The summed E-state index contributed by atoms with van der Waals surface area (Å²) in [6, 6.07) is 10.5. The lowest BCUT2D eigenvalue weighted by Crippen LogP contribution is -2.29. The molecule has 0 aliphatic heterocycles. The van der Waals surface area contributed by atoms with Crippen molar-refractivity contribution < 1.29 is 5.11 Å². The van der Waals surface area contributed by atoms with Crippen LogP contribution >= 0.6 is 23.2 Å². The number of nitrogens with one attached hydrogen (secondary N) is 2. The summed E-state index contributed by atoms with van der Waals surface area (Å²) in [6.45, 7) is 6.95. The molecule has 0 aliphatic rings. The average molecular weight is 495 g/mol. The van der Waals surface area contributed by atoms with E-state index >= 15 is 0 Å².